The van der Waals surface area contributed by atoms with Crippen molar-refractivity contribution >= 4 is 21.4 Å². The third-order valence-corrected chi connectivity index (χ3v) is 5.20. The minimum atomic E-state index is -4.28. The van der Waals surface area contributed by atoms with Crippen LogP contribution in [0.15, 0.2) is 34.5 Å². The lowest BCUT2D eigenvalue weighted by Gasteiger charge is -2.13. The Morgan fingerprint density at radius 2 is 1.85 bits per heavy atom. The van der Waals surface area contributed by atoms with Gasteiger partial charge in [0.25, 0.3) is 0 Å². The van der Waals surface area contributed by atoms with Gasteiger partial charge in [0.15, 0.2) is 17.5 Å². The van der Waals surface area contributed by atoms with E-state index in [4.69, 9.17) is 0 Å². The summed E-state index contributed by atoms with van der Waals surface area (Å²) in [6.07, 6.45) is 0. The van der Waals surface area contributed by atoms with E-state index >= 15 is 0 Å². The fraction of sp³-hybridized carbons (Fsp3) is 0.167. The van der Waals surface area contributed by atoms with E-state index in [0.29, 0.717) is 12.1 Å². The zero-order chi connectivity index (χ0) is 14.9. The van der Waals surface area contributed by atoms with Gasteiger partial charge in [0, 0.05) is 4.88 Å². The van der Waals surface area contributed by atoms with Crippen molar-refractivity contribution in [3.63, 3.8) is 0 Å². The Bertz CT molecular complexity index is 715. The second-order valence-corrected chi connectivity index (χ2v) is 6.69. The van der Waals surface area contributed by atoms with Gasteiger partial charge in [-0.1, -0.05) is 6.07 Å². The molecular formula is C12H10F3NO2S2. The second kappa shape index (κ2) is 5.55. The van der Waals surface area contributed by atoms with E-state index in [2.05, 4.69) is 4.72 Å². The van der Waals surface area contributed by atoms with Crippen LogP contribution in [0.4, 0.5) is 13.2 Å². The number of nitrogens with one attached hydrogen (secondary N) is 1. The Kier molecular flexibility index (Phi) is 4.17. The van der Waals surface area contributed by atoms with Crippen molar-refractivity contribution in [2.45, 2.75) is 17.9 Å². The molecule has 2 aromatic rings. The van der Waals surface area contributed by atoms with E-state index in [-0.39, 0.29) is 0 Å². The average Bonchev–Trinajstić information content (AvgIpc) is 2.89. The summed E-state index contributed by atoms with van der Waals surface area (Å²) >= 11 is 1.32. The maximum absolute atomic E-state index is 13.5. The van der Waals surface area contributed by atoms with Crippen LogP contribution >= 0.6 is 11.3 Å². The third kappa shape index (κ3) is 2.87. The Balaban J connectivity index is 2.34. The number of rotatable bonds is 4. The fourth-order valence-corrected chi connectivity index (χ4v) is 3.71. The molecular weight excluding hydrogens is 311 g/mol. The van der Waals surface area contributed by atoms with E-state index < -0.39 is 38.4 Å². The molecule has 0 saturated carbocycles. The molecule has 0 fully saturated rings. The number of halogens is 3. The molecule has 20 heavy (non-hydrogen) atoms. The highest BCUT2D eigenvalue weighted by atomic mass is 32.2. The molecule has 0 aliphatic rings. The van der Waals surface area contributed by atoms with Crippen LogP contribution in [0.5, 0.6) is 0 Å². The van der Waals surface area contributed by atoms with Crippen LogP contribution in [0.3, 0.4) is 0 Å². The predicted octanol–water partition coefficient (Wildman–Crippen LogP) is 3.20. The molecule has 1 atom stereocenters. The highest BCUT2D eigenvalue weighted by molar-refractivity contribution is 7.89. The lowest BCUT2D eigenvalue weighted by atomic mass is 10.3. The lowest BCUT2D eigenvalue weighted by molar-refractivity contribution is 0.431. The van der Waals surface area contributed by atoms with Crippen molar-refractivity contribution in [1.82, 2.24) is 4.72 Å². The first-order chi connectivity index (χ1) is 9.33. The summed E-state index contributed by atoms with van der Waals surface area (Å²) in [7, 11) is -4.28. The first-order valence-electron chi connectivity index (χ1n) is 5.52. The molecule has 0 aliphatic carbocycles. The van der Waals surface area contributed by atoms with Crippen LogP contribution in [0.25, 0.3) is 0 Å². The molecule has 0 amide bonds. The number of hydrogen-bond acceptors (Lipinski definition) is 3. The lowest BCUT2D eigenvalue weighted by Crippen LogP contribution is -2.27. The summed E-state index contributed by atoms with van der Waals surface area (Å²) in [5, 5.41) is 1.76. The van der Waals surface area contributed by atoms with Gasteiger partial charge in [-0.25, -0.2) is 26.3 Å². The number of sulfonamides is 1. The number of benzene rings is 1. The minimum absolute atomic E-state index is 0.572. The minimum Gasteiger partial charge on any atom is -0.207 e. The van der Waals surface area contributed by atoms with Gasteiger partial charge >= 0.3 is 0 Å². The van der Waals surface area contributed by atoms with Crippen molar-refractivity contribution in [3.8, 4) is 0 Å². The summed E-state index contributed by atoms with van der Waals surface area (Å²) in [5.41, 5.74) is 0. The second-order valence-electron chi connectivity index (χ2n) is 4.03. The molecule has 2 rings (SSSR count). The van der Waals surface area contributed by atoms with E-state index in [1.165, 1.54) is 11.3 Å². The summed E-state index contributed by atoms with van der Waals surface area (Å²) in [6.45, 7) is 1.57. The van der Waals surface area contributed by atoms with E-state index in [1.54, 1.807) is 24.4 Å². The molecule has 0 radical (unpaired) electrons. The normalized spacial score (nSPS) is 13.4. The third-order valence-electron chi connectivity index (χ3n) is 2.59. The zero-order valence-corrected chi connectivity index (χ0v) is 11.9. The highest BCUT2D eigenvalue weighted by Crippen LogP contribution is 2.23. The van der Waals surface area contributed by atoms with Gasteiger partial charge in [0.2, 0.25) is 10.0 Å². The van der Waals surface area contributed by atoms with E-state index in [0.717, 1.165) is 4.88 Å². The van der Waals surface area contributed by atoms with Gasteiger partial charge in [0.05, 0.1) is 6.04 Å². The standard InChI is InChI=1S/C12H10F3NO2S2/c1-7(9-3-2-6-19-9)16-20(17,18)10-5-4-8(13)11(14)12(10)15/h2-7,16H,1H3/t7-/m0/s1. The van der Waals surface area contributed by atoms with Crippen LogP contribution < -0.4 is 4.72 Å². The topological polar surface area (TPSA) is 46.2 Å². The Hall–Kier alpha value is -1.38. The van der Waals surface area contributed by atoms with Gasteiger partial charge in [-0.05, 0) is 30.5 Å². The Morgan fingerprint density at radius 3 is 2.45 bits per heavy atom. The SMILES string of the molecule is C[C@H](NS(=O)(=O)c1ccc(F)c(F)c1F)c1cccs1. The maximum atomic E-state index is 13.5. The molecule has 1 N–H and O–H groups in total. The van der Waals surface area contributed by atoms with Crippen molar-refractivity contribution in [1.29, 1.82) is 0 Å². The molecule has 1 aromatic carbocycles. The molecule has 0 spiro atoms. The van der Waals surface area contributed by atoms with Crippen molar-refractivity contribution < 1.29 is 21.6 Å². The molecule has 0 bridgehead atoms. The molecule has 0 unspecified atom stereocenters. The smallest absolute Gasteiger partial charge is 0.207 e. The predicted molar refractivity (Wildman–Crippen MR) is 69.4 cm³/mol. The fourth-order valence-electron chi connectivity index (χ4n) is 1.61. The number of thiophene rings is 1. The highest BCUT2D eigenvalue weighted by Gasteiger charge is 2.26. The van der Waals surface area contributed by atoms with Gasteiger partial charge in [-0.15, -0.1) is 11.3 Å². The molecule has 0 aliphatic heterocycles. The van der Waals surface area contributed by atoms with Crippen LogP contribution in [0, 0.1) is 17.5 Å². The Labute approximate surface area is 118 Å². The van der Waals surface area contributed by atoms with Crippen LogP contribution in [-0.4, -0.2) is 8.42 Å². The average molecular weight is 321 g/mol. The van der Waals surface area contributed by atoms with Crippen LogP contribution in [-0.2, 0) is 10.0 Å². The molecule has 108 valence electrons. The quantitative estimate of drug-likeness (QED) is 0.879. The maximum Gasteiger partial charge on any atom is 0.244 e. The summed E-state index contributed by atoms with van der Waals surface area (Å²) in [5.74, 6) is -4.97. The Morgan fingerprint density at radius 1 is 1.15 bits per heavy atom. The molecule has 1 heterocycles. The van der Waals surface area contributed by atoms with Crippen LogP contribution in [0.2, 0.25) is 0 Å². The summed E-state index contributed by atoms with van der Waals surface area (Å²) < 4.78 is 65.6. The van der Waals surface area contributed by atoms with Gasteiger partial charge < -0.3 is 0 Å². The van der Waals surface area contributed by atoms with Crippen molar-refractivity contribution in [2.75, 3.05) is 0 Å². The van der Waals surface area contributed by atoms with Crippen molar-refractivity contribution in [2.24, 2.45) is 0 Å². The first-order valence-corrected chi connectivity index (χ1v) is 7.88. The largest absolute Gasteiger partial charge is 0.244 e. The zero-order valence-electron chi connectivity index (χ0n) is 10.2. The van der Waals surface area contributed by atoms with Crippen molar-refractivity contribution in [3.05, 3.63) is 52.0 Å². The van der Waals surface area contributed by atoms with Crippen LogP contribution in [0.1, 0.15) is 17.8 Å². The molecule has 0 saturated heterocycles. The number of hydrogen-bond donors (Lipinski definition) is 1. The van der Waals surface area contributed by atoms with Gasteiger partial charge in [-0.3, -0.25) is 0 Å². The van der Waals surface area contributed by atoms with Gasteiger partial charge in [-0.2, -0.15) is 0 Å². The summed E-state index contributed by atoms with van der Waals surface area (Å²) in [4.78, 5) is -0.198. The van der Waals surface area contributed by atoms with E-state index in [1.807, 2.05) is 0 Å². The first kappa shape index (κ1) is 15.0. The molecule has 1 aromatic heterocycles. The van der Waals surface area contributed by atoms with E-state index in [9.17, 15) is 21.6 Å². The molecule has 3 nitrogen and oxygen atoms in total. The van der Waals surface area contributed by atoms with Gasteiger partial charge in [0.1, 0.15) is 4.90 Å². The summed E-state index contributed by atoms with van der Waals surface area (Å²) in [6, 6.07) is 4.11. The monoisotopic (exact) mass is 321 g/mol. The molecule has 8 heteroatoms.